The van der Waals surface area contributed by atoms with Gasteiger partial charge in [0.25, 0.3) is 0 Å². The molecule has 0 N–H and O–H groups in total. The van der Waals surface area contributed by atoms with E-state index < -0.39 is 0 Å². The molecule has 0 radical (unpaired) electrons. The second kappa shape index (κ2) is 9.03. The van der Waals surface area contributed by atoms with Crippen molar-refractivity contribution in [1.82, 2.24) is 0 Å². The van der Waals surface area contributed by atoms with Gasteiger partial charge in [-0.05, 0) is 71.8 Å². The van der Waals surface area contributed by atoms with E-state index in [4.69, 9.17) is 0 Å². The Morgan fingerprint density at radius 1 is 0.686 bits per heavy atom. The van der Waals surface area contributed by atoms with Crippen LogP contribution in [-0.2, 0) is 0 Å². The molecule has 1 heterocycles. The van der Waals surface area contributed by atoms with Gasteiger partial charge in [0.2, 0.25) is 0 Å². The number of benzene rings is 5. The molecule has 166 valence electrons. The molecule has 0 atom stereocenters. The quantitative estimate of drug-likeness (QED) is 0.226. The van der Waals surface area contributed by atoms with E-state index in [1.807, 2.05) is 24.3 Å². The van der Waals surface area contributed by atoms with Crippen molar-refractivity contribution in [3.8, 4) is 17.2 Å². The van der Waals surface area contributed by atoms with E-state index in [9.17, 15) is 5.26 Å². The van der Waals surface area contributed by atoms with Gasteiger partial charge in [0, 0.05) is 31.3 Å². The standard InChI is InChI=1S/C31H19BrN2S/c32-24-9-7-8-21(18-24)22-15-17-29-27(19-22)30-28(16-14-23(20-33)31(30)35-29)34(25-10-3-1-4-11-25)26-12-5-2-6-13-26/h1-19H. The summed E-state index contributed by atoms with van der Waals surface area (Å²) in [7, 11) is 0. The lowest BCUT2D eigenvalue weighted by Gasteiger charge is -2.26. The summed E-state index contributed by atoms with van der Waals surface area (Å²) in [5, 5.41) is 12.2. The molecule has 35 heavy (non-hydrogen) atoms. The van der Waals surface area contributed by atoms with E-state index in [-0.39, 0.29) is 0 Å². The SMILES string of the molecule is N#Cc1ccc(N(c2ccccc2)c2ccccc2)c2c1sc1ccc(-c3cccc(Br)c3)cc12. The van der Waals surface area contributed by atoms with Gasteiger partial charge >= 0.3 is 0 Å². The average Bonchev–Trinajstić information content (AvgIpc) is 3.29. The molecular weight excluding hydrogens is 512 g/mol. The minimum atomic E-state index is 0.704. The van der Waals surface area contributed by atoms with Crippen LogP contribution >= 0.6 is 27.3 Å². The highest BCUT2D eigenvalue weighted by atomic mass is 79.9. The summed E-state index contributed by atoms with van der Waals surface area (Å²) in [6.07, 6.45) is 0. The Hall–Kier alpha value is -3.91. The molecule has 0 aliphatic rings. The highest BCUT2D eigenvalue weighted by Gasteiger charge is 2.20. The van der Waals surface area contributed by atoms with Crippen molar-refractivity contribution in [3.05, 3.63) is 125 Å². The predicted molar refractivity (Wildman–Crippen MR) is 152 cm³/mol. The van der Waals surface area contributed by atoms with E-state index in [2.05, 4.69) is 118 Å². The summed E-state index contributed by atoms with van der Waals surface area (Å²) >= 11 is 5.29. The molecule has 0 bridgehead atoms. The largest absolute Gasteiger partial charge is 0.310 e. The fraction of sp³-hybridized carbons (Fsp3) is 0. The number of hydrogen-bond acceptors (Lipinski definition) is 3. The van der Waals surface area contributed by atoms with Crippen molar-refractivity contribution in [1.29, 1.82) is 5.26 Å². The number of hydrogen-bond donors (Lipinski definition) is 0. The third kappa shape index (κ3) is 3.89. The van der Waals surface area contributed by atoms with Gasteiger partial charge in [-0.2, -0.15) is 5.26 Å². The second-order valence-electron chi connectivity index (χ2n) is 8.28. The topological polar surface area (TPSA) is 27.0 Å². The zero-order valence-electron chi connectivity index (χ0n) is 18.7. The molecule has 2 nitrogen and oxygen atoms in total. The number of anilines is 3. The number of rotatable bonds is 4. The van der Waals surface area contributed by atoms with Crippen LogP contribution in [0.2, 0.25) is 0 Å². The number of nitrogens with zero attached hydrogens (tertiary/aromatic N) is 2. The number of fused-ring (bicyclic) bond motifs is 3. The van der Waals surface area contributed by atoms with Gasteiger partial charge in [-0.25, -0.2) is 0 Å². The van der Waals surface area contributed by atoms with Gasteiger partial charge in [-0.3, -0.25) is 0 Å². The first-order valence-electron chi connectivity index (χ1n) is 11.3. The summed E-state index contributed by atoms with van der Waals surface area (Å²) < 4.78 is 3.24. The molecule has 0 amide bonds. The molecule has 1 aromatic heterocycles. The van der Waals surface area contributed by atoms with Crippen molar-refractivity contribution >= 4 is 64.5 Å². The predicted octanol–water partition coefficient (Wildman–Crippen LogP) is 9.83. The number of nitriles is 1. The lowest BCUT2D eigenvalue weighted by molar-refractivity contribution is 1.30. The fourth-order valence-electron chi connectivity index (χ4n) is 4.57. The first kappa shape index (κ1) is 21.6. The summed E-state index contributed by atoms with van der Waals surface area (Å²) in [6, 6.07) is 42.2. The van der Waals surface area contributed by atoms with Crippen LogP contribution in [0.1, 0.15) is 5.56 Å². The molecule has 0 saturated heterocycles. The van der Waals surface area contributed by atoms with E-state index in [0.29, 0.717) is 5.56 Å². The summed E-state index contributed by atoms with van der Waals surface area (Å²) in [5.74, 6) is 0. The first-order valence-corrected chi connectivity index (χ1v) is 12.9. The van der Waals surface area contributed by atoms with Crippen molar-refractivity contribution in [2.24, 2.45) is 0 Å². The summed E-state index contributed by atoms with van der Waals surface area (Å²) in [6.45, 7) is 0. The molecule has 0 fully saturated rings. The molecule has 0 spiro atoms. The van der Waals surface area contributed by atoms with Crippen molar-refractivity contribution in [3.63, 3.8) is 0 Å². The Labute approximate surface area is 216 Å². The van der Waals surface area contributed by atoms with Crippen molar-refractivity contribution < 1.29 is 0 Å². The highest BCUT2D eigenvalue weighted by molar-refractivity contribution is 9.10. The van der Waals surface area contributed by atoms with Crippen LogP contribution in [0.5, 0.6) is 0 Å². The van der Waals surface area contributed by atoms with E-state index in [1.165, 1.54) is 4.70 Å². The third-order valence-corrected chi connectivity index (χ3v) is 7.84. The minimum Gasteiger partial charge on any atom is -0.310 e. The fourth-order valence-corrected chi connectivity index (χ4v) is 6.13. The average molecular weight is 531 g/mol. The second-order valence-corrected chi connectivity index (χ2v) is 10.2. The van der Waals surface area contributed by atoms with Crippen LogP contribution in [0.3, 0.4) is 0 Å². The minimum absolute atomic E-state index is 0.704. The monoisotopic (exact) mass is 530 g/mol. The molecule has 0 unspecified atom stereocenters. The maximum absolute atomic E-state index is 9.93. The zero-order valence-corrected chi connectivity index (χ0v) is 21.1. The maximum Gasteiger partial charge on any atom is 0.101 e. The Bertz CT molecular complexity index is 1680. The molecular formula is C31H19BrN2S. The van der Waals surface area contributed by atoms with Crippen LogP contribution in [0, 0.1) is 11.3 Å². The zero-order chi connectivity index (χ0) is 23.8. The Morgan fingerprint density at radius 2 is 1.37 bits per heavy atom. The lowest BCUT2D eigenvalue weighted by atomic mass is 10.0. The maximum atomic E-state index is 9.93. The Kier molecular flexibility index (Phi) is 5.58. The Balaban J connectivity index is 1.68. The smallest absolute Gasteiger partial charge is 0.101 e. The lowest BCUT2D eigenvalue weighted by Crippen LogP contribution is -2.10. The van der Waals surface area contributed by atoms with Crippen molar-refractivity contribution in [2.75, 3.05) is 4.90 Å². The normalized spacial score (nSPS) is 11.0. The van der Waals surface area contributed by atoms with E-state index in [0.717, 1.165) is 48.1 Å². The van der Waals surface area contributed by atoms with Crippen LogP contribution in [0.25, 0.3) is 31.3 Å². The van der Waals surface area contributed by atoms with Crippen LogP contribution in [-0.4, -0.2) is 0 Å². The number of halogens is 1. The Morgan fingerprint density at radius 3 is 2.03 bits per heavy atom. The molecule has 6 aromatic rings. The van der Waals surface area contributed by atoms with Gasteiger partial charge in [0.1, 0.15) is 6.07 Å². The van der Waals surface area contributed by atoms with Gasteiger partial charge in [-0.1, -0.05) is 70.5 Å². The van der Waals surface area contributed by atoms with Gasteiger partial charge in [-0.15, -0.1) is 11.3 Å². The molecule has 4 heteroatoms. The molecule has 0 aliphatic carbocycles. The first-order chi connectivity index (χ1) is 17.2. The molecule has 0 aliphatic heterocycles. The van der Waals surface area contributed by atoms with E-state index >= 15 is 0 Å². The van der Waals surface area contributed by atoms with E-state index in [1.54, 1.807) is 11.3 Å². The van der Waals surface area contributed by atoms with Crippen molar-refractivity contribution in [2.45, 2.75) is 0 Å². The van der Waals surface area contributed by atoms with Gasteiger partial charge in [0.05, 0.1) is 16.0 Å². The third-order valence-electron chi connectivity index (χ3n) is 6.14. The highest BCUT2D eigenvalue weighted by Crippen LogP contribution is 2.46. The van der Waals surface area contributed by atoms with Crippen LogP contribution in [0.15, 0.2) is 120 Å². The molecule has 5 aromatic carbocycles. The van der Waals surface area contributed by atoms with Gasteiger partial charge in [0.15, 0.2) is 0 Å². The number of thiophene rings is 1. The summed E-state index contributed by atoms with van der Waals surface area (Å²) in [5.41, 5.74) is 6.22. The molecule has 0 saturated carbocycles. The summed E-state index contributed by atoms with van der Waals surface area (Å²) in [4.78, 5) is 2.28. The van der Waals surface area contributed by atoms with Crippen LogP contribution < -0.4 is 4.90 Å². The number of para-hydroxylation sites is 2. The van der Waals surface area contributed by atoms with Crippen LogP contribution in [0.4, 0.5) is 17.1 Å². The molecule has 6 rings (SSSR count). The van der Waals surface area contributed by atoms with Gasteiger partial charge < -0.3 is 4.90 Å².